The van der Waals surface area contributed by atoms with E-state index in [1.165, 1.54) is 4.90 Å². The topological polar surface area (TPSA) is 20.2 Å². The van der Waals surface area contributed by atoms with Crippen LogP contribution in [0, 0.1) is 0 Å². The molecule has 0 aromatic heterocycles. The normalized spacial score (nSPS) is 12.4. The summed E-state index contributed by atoms with van der Waals surface area (Å²) < 4.78 is 0. The third-order valence-corrected chi connectivity index (χ3v) is 4.21. The molecule has 2 aromatic rings. The summed E-state index contributed by atoms with van der Waals surface area (Å²) in [5, 5.41) is 11.0. The highest BCUT2D eigenvalue weighted by molar-refractivity contribution is 7.99. The van der Waals surface area contributed by atoms with Crippen molar-refractivity contribution < 1.29 is 5.11 Å². The predicted molar refractivity (Wildman–Crippen MR) is 83.0 cm³/mol. The van der Waals surface area contributed by atoms with Gasteiger partial charge in [0.25, 0.3) is 0 Å². The molecular formula is C16H17ClOS. The third kappa shape index (κ3) is 4.00. The Balaban J connectivity index is 2.07. The van der Waals surface area contributed by atoms with Crippen molar-refractivity contribution in [1.82, 2.24) is 0 Å². The first-order valence-electron chi connectivity index (χ1n) is 6.35. The molecule has 3 heteroatoms. The maximum atomic E-state index is 10.3. The van der Waals surface area contributed by atoms with Crippen LogP contribution in [0.4, 0.5) is 0 Å². The smallest absolute Gasteiger partial charge is 0.0830 e. The first-order valence-corrected chi connectivity index (χ1v) is 7.71. The molecule has 2 aromatic carbocycles. The lowest BCUT2D eigenvalue weighted by Gasteiger charge is -2.12. The van der Waals surface area contributed by atoms with Crippen molar-refractivity contribution in [3.8, 4) is 0 Å². The molecule has 19 heavy (non-hydrogen) atoms. The Hall–Kier alpha value is -0.960. The van der Waals surface area contributed by atoms with E-state index in [4.69, 9.17) is 11.6 Å². The van der Waals surface area contributed by atoms with Gasteiger partial charge in [0.2, 0.25) is 0 Å². The van der Waals surface area contributed by atoms with Crippen LogP contribution in [-0.2, 0) is 6.42 Å². The Labute approximate surface area is 123 Å². The summed E-state index contributed by atoms with van der Waals surface area (Å²) >= 11 is 7.91. The SMILES string of the molecule is CCSc1ccc(C(O)Cc2ccccc2Cl)cc1. The molecule has 1 N–H and O–H groups in total. The van der Waals surface area contributed by atoms with Crippen LogP contribution in [0.3, 0.4) is 0 Å². The molecule has 0 saturated carbocycles. The average molecular weight is 293 g/mol. The fraction of sp³-hybridized carbons (Fsp3) is 0.250. The van der Waals surface area contributed by atoms with Crippen molar-refractivity contribution in [3.63, 3.8) is 0 Å². The zero-order chi connectivity index (χ0) is 13.7. The Morgan fingerprint density at radius 3 is 2.42 bits per heavy atom. The van der Waals surface area contributed by atoms with Crippen LogP contribution in [0.15, 0.2) is 53.4 Å². The van der Waals surface area contributed by atoms with Crippen molar-refractivity contribution in [3.05, 3.63) is 64.7 Å². The van der Waals surface area contributed by atoms with E-state index in [9.17, 15) is 5.11 Å². The molecular weight excluding hydrogens is 276 g/mol. The summed E-state index contributed by atoms with van der Waals surface area (Å²) in [5.41, 5.74) is 1.91. The van der Waals surface area contributed by atoms with E-state index in [-0.39, 0.29) is 0 Å². The third-order valence-electron chi connectivity index (χ3n) is 2.95. The van der Waals surface area contributed by atoms with Crippen LogP contribution in [0.25, 0.3) is 0 Å². The molecule has 0 aliphatic carbocycles. The van der Waals surface area contributed by atoms with E-state index in [0.717, 1.165) is 16.9 Å². The summed E-state index contributed by atoms with van der Waals surface area (Å²) in [4.78, 5) is 1.23. The zero-order valence-electron chi connectivity index (χ0n) is 10.8. The van der Waals surface area contributed by atoms with Crippen molar-refractivity contribution in [2.45, 2.75) is 24.3 Å². The molecule has 0 radical (unpaired) electrons. The van der Waals surface area contributed by atoms with E-state index < -0.39 is 6.10 Å². The summed E-state index contributed by atoms with van der Waals surface area (Å²) in [6, 6.07) is 15.7. The second-order valence-corrected chi connectivity index (χ2v) is 6.06. The molecule has 0 heterocycles. The van der Waals surface area contributed by atoms with Crippen LogP contribution in [0.2, 0.25) is 5.02 Å². The molecule has 1 nitrogen and oxygen atoms in total. The second-order valence-electron chi connectivity index (χ2n) is 4.31. The van der Waals surface area contributed by atoms with Gasteiger partial charge in [-0.05, 0) is 35.1 Å². The molecule has 0 aliphatic rings. The van der Waals surface area contributed by atoms with Gasteiger partial charge in [-0.3, -0.25) is 0 Å². The van der Waals surface area contributed by atoms with Crippen LogP contribution in [0.1, 0.15) is 24.2 Å². The molecule has 100 valence electrons. The number of hydrogen-bond donors (Lipinski definition) is 1. The van der Waals surface area contributed by atoms with Gasteiger partial charge in [0.15, 0.2) is 0 Å². The highest BCUT2D eigenvalue weighted by atomic mass is 35.5. The fourth-order valence-electron chi connectivity index (χ4n) is 1.94. The van der Waals surface area contributed by atoms with Crippen molar-refractivity contribution >= 4 is 23.4 Å². The van der Waals surface area contributed by atoms with Crippen LogP contribution in [0.5, 0.6) is 0 Å². The minimum absolute atomic E-state index is 0.513. The van der Waals surface area contributed by atoms with Crippen molar-refractivity contribution in [2.24, 2.45) is 0 Å². The maximum Gasteiger partial charge on any atom is 0.0830 e. The number of aliphatic hydroxyl groups is 1. The highest BCUT2D eigenvalue weighted by Gasteiger charge is 2.10. The summed E-state index contributed by atoms with van der Waals surface area (Å²) in [7, 11) is 0. The molecule has 2 rings (SSSR count). The number of thioether (sulfide) groups is 1. The molecule has 0 saturated heterocycles. The van der Waals surface area contributed by atoms with E-state index in [2.05, 4.69) is 19.1 Å². The Bertz CT molecular complexity index is 525. The predicted octanol–water partition coefficient (Wildman–Crippen LogP) is 4.73. The maximum absolute atomic E-state index is 10.3. The number of aliphatic hydroxyl groups excluding tert-OH is 1. The molecule has 0 amide bonds. The first-order chi connectivity index (χ1) is 9.20. The summed E-state index contributed by atoms with van der Waals surface area (Å²) in [6.07, 6.45) is 0.0283. The van der Waals surface area contributed by atoms with Gasteiger partial charge >= 0.3 is 0 Å². The number of hydrogen-bond acceptors (Lipinski definition) is 2. The molecule has 1 unspecified atom stereocenters. The average Bonchev–Trinajstić information content (AvgIpc) is 2.42. The van der Waals surface area contributed by atoms with Gasteiger partial charge < -0.3 is 5.11 Å². The Morgan fingerprint density at radius 1 is 1.11 bits per heavy atom. The lowest BCUT2D eigenvalue weighted by molar-refractivity contribution is 0.178. The standard InChI is InChI=1S/C16H17ClOS/c1-2-19-14-9-7-12(8-10-14)16(18)11-13-5-3-4-6-15(13)17/h3-10,16,18H,2,11H2,1H3. The number of halogens is 1. The second kappa shape index (κ2) is 6.99. The van der Waals surface area contributed by atoms with Gasteiger partial charge in [-0.15, -0.1) is 11.8 Å². The number of rotatable bonds is 5. The van der Waals surface area contributed by atoms with Gasteiger partial charge in [-0.2, -0.15) is 0 Å². The van der Waals surface area contributed by atoms with E-state index in [1.807, 2.05) is 36.4 Å². The molecule has 1 atom stereocenters. The molecule has 0 bridgehead atoms. The van der Waals surface area contributed by atoms with Crippen LogP contribution < -0.4 is 0 Å². The first kappa shape index (κ1) is 14.4. The fourth-order valence-corrected chi connectivity index (χ4v) is 2.82. The number of benzene rings is 2. The van der Waals surface area contributed by atoms with Crippen LogP contribution in [-0.4, -0.2) is 10.9 Å². The summed E-state index contributed by atoms with van der Waals surface area (Å²) in [6.45, 7) is 2.13. The van der Waals surface area contributed by atoms with Crippen LogP contribution >= 0.6 is 23.4 Å². The van der Waals surface area contributed by atoms with Gasteiger partial charge in [-0.25, -0.2) is 0 Å². The Kier molecular flexibility index (Phi) is 5.32. The highest BCUT2D eigenvalue weighted by Crippen LogP contribution is 2.25. The van der Waals surface area contributed by atoms with E-state index in [1.54, 1.807) is 11.8 Å². The van der Waals surface area contributed by atoms with E-state index >= 15 is 0 Å². The van der Waals surface area contributed by atoms with Crippen molar-refractivity contribution in [2.75, 3.05) is 5.75 Å². The minimum Gasteiger partial charge on any atom is -0.388 e. The van der Waals surface area contributed by atoms with Crippen molar-refractivity contribution in [1.29, 1.82) is 0 Å². The Morgan fingerprint density at radius 2 is 1.79 bits per heavy atom. The van der Waals surface area contributed by atoms with E-state index in [0.29, 0.717) is 11.4 Å². The molecule has 0 spiro atoms. The summed E-state index contributed by atoms with van der Waals surface area (Å²) in [5.74, 6) is 1.06. The minimum atomic E-state index is -0.513. The molecule has 0 fully saturated rings. The van der Waals surface area contributed by atoms with Gasteiger partial charge in [-0.1, -0.05) is 48.9 Å². The quantitative estimate of drug-likeness (QED) is 0.804. The van der Waals surface area contributed by atoms with Gasteiger partial charge in [0, 0.05) is 16.3 Å². The lowest BCUT2D eigenvalue weighted by atomic mass is 10.0. The monoisotopic (exact) mass is 292 g/mol. The zero-order valence-corrected chi connectivity index (χ0v) is 12.4. The van der Waals surface area contributed by atoms with Gasteiger partial charge in [0.1, 0.15) is 0 Å². The lowest BCUT2D eigenvalue weighted by Crippen LogP contribution is -2.02. The molecule has 0 aliphatic heterocycles. The van der Waals surface area contributed by atoms with Gasteiger partial charge in [0.05, 0.1) is 6.10 Å². The largest absolute Gasteiger partial charge is 0.388 e.